The summed E-state index contributed by atoms with van der Waals surface area (Å²) in [4.78, 5) is 0. The Bertz CT molecular complexity index is 597. The minimum atomic E-state index is -4.30. The lowest BCUT2D eigenvalue weighted by Gasteiger charge is -2.25. The summed E-state index contributed by atoms with van der Waals surface area (Å²) in [6, 6.07) is 15.3. The van der Waals surface area contributed by atoms with Gasteiger partial charge in [0.1, 0.15) is 0 Å². The first-order valence-corrected chi connectivity index (χ1v) is 7.32. The van der Waals surface area contributed by atoms with Crippen LogP contribution in [0.15, 0.2) is 67.3 Å². The second-order valence-corrected chi connectivity index (χ2v) is 5.32. The maximum atomic E-state index is 12.7. The molecule has 0 aliphatic carbocycles. The number of allylic oxidation sites excluding steroid dienone is 1. The first-order chi connectivity index (χ1) is 10.5. The van der Waals surface area contributed by atoms with Crippen LogP contribution >= 0.6 is 0 Å². The smallest absolute Gasteiger partial charge is 0.166 e. The molecule has 0 aromatic heterocycles. The van der Waals surface area contributed by atoms with E-state index in [2.05, 4.69) is 13.5 Å². The van der Waals surface area contributed by atoms with Gasteiger partial charge in [-0.25, -0.2) is 0 Å². The summed E-state index contributed by atoms with van der Waals surface area (Å²) in [5.74, 6) is 0.199. The number of alkyl halides is 3. The Balaban J connectivity index is 2.43. The highest BCUT2D eigenvalue weighted by atomic mass is 19.4. The summed E-state index contributed by atoms with van der Waals surface area (Å²) in [5.41, 5.74) is 1.36. The van der Waals surface area contributed by atoms with Gasteiger partial charge in [-0.15, -0.1) is 6.58 Å². The van der Waals surface area contributed by atoms with Crippen LogP contribution in [0.2, 0.25) is 0 Å². The Hall–Kier alpha value is -2.03. The molecule has 2 unspecified atom stereocenters. The summed E-state index contributed by atoms with van der Waals surface area (Å²) >= 11 is 0. The molecule has 2 aromatic rings. The highest BCUT2D eigenvalue weighted by Gasteiger charge is 2.30. The van der Waals surface area contributed by atoms with E-state index >= 15 is 0 Å². The van der Waals surface area contributed by atoms with Crippen molar-refractivity contribution in [3.63, 3.8) is 0 Å². The maximum Gasteiger partial charge on any atom is 0.416 e. The minimum absolute atomic E-state index is 0.0194. The monoisotopic (exact) mass is 304 g/mol. The fourth-order valence-corrected chi connectivity index (χ4v) is 2.77. The third-order valence-corrected chi connectivity index (χ3v) is 3.96. The van der Waals surface area contributed by atoms with Crippen molar-refractivity contribution in [3.8, 4) is 0 Å². The lowest BCUT2D eigenvalue weighted by Crippen LogP contribution is -2.12. The van der Waals surface area contributed by atoms with Crippen molar-refractivity contribution in [3.05, 3.63) is 83.9 Å². The van der Waals surface area contributed by atoms with Gasteiger partial charge in [-0.3, -0.25) is 0 Å². The van der Waals surface area contributed by atoms with E-state index in [0.717, 1.165) is 29.7 Å². The first kappa shape index (κ1) is 16.3. The predicted octanol–water partition coefficient (Wildman–Crippen LogP) is 6.05. The molecule has 0 aliphatic heterocycles. The number of rotatable bonds is 5. The van der Waals surface area contributed by atoms with Gasteiger partial charge < -0.3 is 0 Å². The van der Waals surface area contributed by atoms with E-state index in [9.17, 15) is 13.2 Å². The summed E-state index contributed by atoms with van der Waals surface area (Å²) in [7, 11) is 0. The first-order valence-electron chi connectivity index (χ1n) is 7.32. The molecule has 3 heteroatoms. The zero-order chi connectivity index (χ0) is 16.2. The third-order valence-electron chi connectivity index (χ3n) is 3.96. The molecule has 0 saturated heterocycles. The fourth-order valence-electron chi connectivity index (χ4n) is 2.77. The maximum absolute atomic E-state index is 12.7. The molecule has 22 heavy (non-hydrogen) atoms. The van der Waals surface area contributed by atoms with Crippen LogP contribution in [0.4, 0.5) is 13.2 Å². The molecule has 0 amide bonds. The molecule has 0 aliphatic rings. The molecule has 0 heterocycles. The van der Waals surface area contributed by atoms with E-state index in [0.29, 0.717) is 0 Å². The number of halogens is 3. The topological polar surface area (TPSA) is 0 Å². The molecule has 0 N–H and O–H groups in total. The van der Waals surface area contributed by atoms with E-state index in [1.54, 1.807) is 12.1 Å². The van der Waals surface area contributed by atoms with Gasteiger partial charge in [0.2, 0.25) is 0 Å². The molecule has 2 atom stereocenters. The normalized spacial score (nSPS) is 14.4. The van der Waals surface area contributed by atoms with Crippen LogP contribution < -0.4 is 0 Å². The molecular formula is C19H19F3. The van der Waals surface area contributed by atoms with Gasteiger partial charge in [-0.2, -0.15) is 13.2 Å². The summed E-state index contributed by atoms with van der Waals surface area (Å²) in [6.07, 6.45) is -1.54. The Morgan fingerprint density at radius 2 is 1.50 bits per heavy atom. The molecular weight excluding hydrogens is 285 g/mol. The SMILES string of the molecule is C=CC(CC)C(c1ccccc1)c1ccc(C(F)(F)F)cc1. The predicted molar refractivity (Wildman–Crippen MR) is 83.7 cm³/mol. The largest absolute Gasteiger partial charge is 0.416 e. The molecule has 0 saturated carbocycles. The van der Waals surface area contributed by atoms with E-state index in [1.165, 1.54) is 0 Å². The molecule has 2 aromatic carbocycles. The average Bonchev–Trinajstić information content (AvgIpc) is 2.52. The van der Waals surface area contributed by atoms with E-state index in [-0.39, 0.29) is 11.8 Å². The van der Waals surface area contributed by atoms with Gasteiger partial charge in [0.25, 0.3) is 0 Å². The average molecular weight is 304 g/mol. The Kier molecular flexibility index (Phi) is 5.07. The molecule has 0 radical (unpaired) electrons. The standard InChI is InChI=1S/C19H19F3/c1-3-14(4-2)18(15-8-6-5-7-9-15)16-10-12-17(13-11-16)19(20,21)22/h3,5-14,18H,1,4H2,2H3. The van der Waals surface area contributed by atoms with Gasteiger partial charge in [0.15, 0.2) is 0 Å². The Labute approximate surface area is 129 Å². The van der Waals surface area contributed by atoms with Crippen LogP contribution in [0.1, 0.15) is 36.0 Å². The second-order valence-electron chi connectivity index (χ2n) is 5.32. The van der Waals surface area contributed by atoms with Crippen molar-refractivity contribution >= 4 is 0 Å². The number of hydrogen-bond acceptors (Lipinski definition) is 0. The quantitative estimate of drug-likeness (QED) is 0.590. The number of benzene rings is 2. The highest BCUT2D eigenvalue weighted by Crippen LogP contribution is 2.36. The van der Waals surface area contributed by atoms with E-state index in [4.69, 9.17) is 0 Å². The summed E-state index contributed by atoms with van der Waals surface area (Å²) in [5, 5.41) is 0. The van der Waals surface area contributed by atoms with Crippen molar-refractivity contribution in [2.75, 3.05) is 0 Å². The second kappa shape index (κ2) is 6.82. The number of hydrogen-bond donors (Lipinski definition) is 0. The summed E-state index contributed by atoms with van der Waals surface area (Å²) in [6.45, 7) is 5.94. The zero-order valence-corrected chi connectivity index (χ0v) is 12.5. The molecule has 0 nitrogen and oxygen atoms in total. The molecule has 116 valence electrons. The zero-order valence-electron chi connectivity index (χ0n) is 12.5. The molecule has 0 fully saturated rings. The molecule has 2 rings (SSSR count). The van der Waals surface area contributed by atoms with Gasteiger partial charge >= 0.3 is 6.18 Å². The minimum Gasteiger partial charge on any atom is -0.166 e. The van der Waals surface area contributed by atoms with Crippen LogP contribution in [0.3, 0.4) is 0 Å². The van der Waals surface area contributed by atoms with Crippen molar-refractivity contribution in [1.29, 1.82) is 0 Å². The van der Waals surface area contributed by atoms with Crippen LogP contribution in [0.5, 0.6) is 0 Å². The summed E-state index contributed by atoms with van der Waals surface area (Å²) < 4.78 is 38.2. The molecule has 0 bridgehead atoms. The van der Waals surface area contributed by atoms with Gasteiger partial charge in [-0.1, -0.05) is 55.5 Å². The van der Waals surface area contributed by atoms with Gasteiger partial charge in [-0.05, 0) is 35.6 Å². The van der Waals surface area contributed by atoms with Gasteiger partial charge in [0.05, 0.1) is 5.56 Å². The fraction of sp³-hybridized carbons (Fsp3) is 0.263. The molecule has 0 spiro atoms. The van der Waals surface area contributed by atoms with Crippen LogP contribution in [0.25, 0.3) is 0 Å². The van der Waals surface area contributed by atoms with E-state index in [1.807, 2.05) is 36.4 Å². The third kappa shape index (κ3) is 3.59. The van der Waals surface area contributed by atoms with Gasteiger partial charge in [0, 0.05) is 5.92 Å². The van der Waals surface area contributed by atoms with Crippen molar-refractivity contribution < 1.29 is 13.2 Å². The van der Waals surface area contributed by atoms with Crippen molar-refractivity contribution in [2.24, 2.45) is 5.92 Å². The highest BCUT2D eigenvalue weighted by molar-refractivity contribution is 5.36. The Morgan fingerprint density at radius 3 is 1.95 bits per heavy atom. The van der Waals surface area contributed by atoms with E-state index < -0.39 is 11.7 Å². The lowest BCUT2D eigenvalue weighted by atomic mass is 9.79. The van der Waals surface area contributed by atoms with Crippen molar-refractivity contribution in [2.45, 2.75) is 25.4 Å². The van der Waals surface area contributed by atoms with Crippen molar-refractivity contribution in [1.82, 2.24) is 0 Å². The van der Waals surface area contributed by atoms with Crippen LogP contribution in [-0.4, -0.2) is 0 Å². The lowest BCUT2D eigenvalue weighted by molar-refractivity contribution is -0.137. The van der Waals surface area contributed by atoms with Crippen LogP contribution in [-0.2, 0) is 6.18 Å². The Morgan fingerprint density at radius 1 is 0.955 bits per heavy atom. The van der Waals surface area contributed by atoms with Crippen LogP contribution in [0, 0.1) is 5.92 Å².